The summed E-state index contributed by atoms with van der Waals surface area (Å²) >= 11 is 3.33. The van der Waals surface area contributed by atoms with Gasteiger partial charge in [0.15, 0.2) is 0 Å². The highest BCUT2D eigenvalue weighted by atomic mass is 79.9. The van der Waals surface area contributed by atoms with Gasteiger partial charge in [0.05, 0.1) is 0 Å². The van der Waals surface area contributed by atoms with E-state index in [1.165, 1.54) is 12.0 Å². The van der Waals surface area contributed by atoms with Crippen LogP contribution in [0.3, 0.4) is 0 Å². The van der Waals surface area contributed by atoms with Gasteiger partial charge in [0.25, 0.3) is 0 Å². The van der Waals surface area contributed by atoms with Gasteiger partial charge >= 0.3 is 0 Å². The number of hydrogen-bond donors (Lipinski definition) is 1. The Morgan fingerprint density at radius 3 is 3.08 bits per heavy atom. The van der Waals surface area contributed by atoms with Crippen molar-refractivity contribution in [1.29, 1.82) is 0 Å². The lowest BCUT2D eigenvalue weighted by atomic mass is 10.3. The third-order valence-electron chi connectivity index (χ3n) is 1.55. The third kappa shape index (κ3) is 3.32. The molecule has 0 aliphatic carbocycles. The van der Waals surface area contributed by atoms with Gasteiger partial charge in [-0.2, -0.15) is 0 Å². The van der Waals surface area contributed by atoms with E-state index in [1.807, 2.05) is 18.3 Å². The fraction of sp³-hybridized carbons (Fsp3) is 0.444. The maximum atomic E-state index is 4.06. The second kappa shape index (κ2) is 5.27. The van der Waals surface area contributed by atoms with Crippen molar-refractivity contribution in [2.45, 2.75) is 19.9 Å². The van der Waals surface area contributed by atoms with E-state index >= 15 is 0 Å². The van der Waals surface area contributed by atoms with Gasteiger partial charge in [-0.3, -0.25) is 0 Å². The van der Waals surface area contributed by atoms with E-state index in [0.29, 0.717) is 0 Å². The van der Waals surface area contributed by atoms with Crippen LogP contribution >= 0.6 is 15.9 Å². The summed E-state index contributed by atoms with van der Waals surface area (Å²) in [6, 6.07) is 4.05. The summed E-state index contributed by atoms with van der Waals surface area (Å²) in [6.07, 6.45) is 2.99. The summed E-state index contributed by atoms with van der Waals surface area (Å²) in [6.45, 7) is 4.16. The molecule has 2 nitrogen and oxygen atoms in total. The van der Waals surface area contributed by atoms with Crippen LogP contribution in [-0.2, 0) is 6.54 Å². The van der Waals surface area contributed by atoms with Gasteiger partial charge < -0.3 is 5.32 Å². The molecule has 0 aliphatic rings. The smallest absolute Gasteiger partial charge is 0.106 e. The van der Waals surface area contributed by atoms with Crippen LogP contribution < -0.4 is 5.32 Å². The van der Waals surface area contributed by atoms with Crippen LogP contribution in [0.1, 0.15) is 18.9 Å². The van der Waals surface area contributed by atoms with Crippen molar-refractivity contribution in [2.75, 3.05) is 6.54 Å². The van der Waals surface area contributed by atoms with Crippen LogP contribution in [0.4, 0.5) is 0 Å². The van der Waals surface area contributed by atoms with Gasteiger partial charge in [0.2, 0.25) is 0 Å². The summed E-state index contributed by atoms with van der Waals surface area (Å²) in [4.78, 5) is 4.06. The molecule has 0 aromatic carbocycles. The number of halogens is 1. The van der Waals surface area contributed by atoms with Gasteiger partial charge in [-0.25, -0.2) is 4.98 Å². The van der Waals surface area contributed by atoms with E-state index in [-0.39, 0.29) is 0 Å². The lowest BCUT2D eigenvalue weighted by molar-refractivity contribution is 0.674. The molecule has 12 heavy (non-hydrogen) atoms. The van der Waals surface area contributed by atoms with E-state index in [9.17, 15) is 0 Å². The maximum absolute atomic E-state index is 4.06. The lowest BCUT2D eigenvalue weighted by Crippen LogP contribution is -2.13. The highest BCUT2D eigenvalue weighted by Crippen LogP contribution is 2.07. The summed E-state index contributed by atoms with van der Waals surface area (Å²) in [7, 11) is 0. The predicted octanol–water partition coefficient (Wildman–Crippen LogP) is 2.34. The molecule has 0 bridgehead atoms. The quantitative estimate of drug-likeness (QED) is 0.633. The molecule has 66 valence electrons. The number of rotatable bonds is 4. The molecule has 3 heteroatoms. The van der Waals surface area contributed by atoms with Crippen LogP contribution in [-0.4, -0.2) is 11.5 Å². The first-order valence-corrected chi connectivity index (χ1v) is 4.93. The summed E-state index contributed by atoms with van der Waals surface area (Å²) in [5.41, 5.74) is 1.27. The van der Waals surface area contributed by atoms with E-state index in [1.54, 1.807) is 0 Å². The largest absolute Gasteiger partial charge is 0.313 e. The molecule has 0 atom stereocenters. The Kier molecular flexibility index (Phi) is 4.25. The fourth-order valence-electron chi connectivity index (χ4n) is 0.962. The Balaban J connectivity index is 2.41. The van der Waals surface area contributed by atoms with E-state index in [2.05, 4.69) is 33.2 Å². The second-order valence-electron chi connectivity index (χ2n) is 2.66. The van der Waals surface area contributed by atoms with Crippen LogP contribution in [0.25, 0.3) is 0 Å². The molecule has 1 aromatic heterocycles. The zero-order valence-corrected chi connectivity index (χ0v) is 8.76. The third-order valence-corrected chi connectivity index (χ3v) is 1.98. The van der Waals surface area contributed by atoms with Crippen molar-refractivity contribution >= 4 is 15.9 Å². The molecule has 1 N–H and O–H groups in total. The van der Waals surface area contributed by atoms with E-state index < -0.39 is 0 Å². The molecule has 0 saturated carbocycles. The number of aromatic nitrogens is 1. The molecule has 0 spiro atoms. The zero-order chi connectivity index (χ0) is 8.81. The van der Waals surface area contributed by atoms with Gasteiger partial charge in [0.1, 0.15) is 4.60 Å². The lowest BCUT2D eigenvalue weighted by Gasteiger charge is -2.02. The maximum Gasteiger partial charge on any atom is 0.106 e. The van der Waals surface area contributed by atoms with Crippen molar-refractivity contribution in [1.82, 2.24) is 10.3 Å². The van der Waals surface area contributed by atoms with Crippen LogP contribution in [0, 0.1) is 0 Å². The van der Waals surface area contributed by atoms with Gasteiger partial charge in [-0.05, 0) is 46.6 Å². The zero-order valence-electron chi connectivity index (χ0n) is 7.18. The molecule has 0 aliphatic heterocycles. The fourth-order valence-corrected chi connectivity index (χ4v) is 1.37. The number of nitrogens with zero attached hydrogens (tertiary/aromatic N) is 1. The standard InChI is InChI=1S/C9H13BrN2/c1-2-4-11-7-8-3-5-12-9(10)6-8/h3,5-6,11H,2,4,7H2,1H3. The van der Waals surface area contributed by atoms with Crippen molar-refractivity contribution in [3.63, 3.8) is 0 Å². The average Bonchev–Trinajstić information content (AvgIpc) is 2.05. The van der Waals surface area contributed by atoms with Crippen molar-refractivity contribution in [3.8, 4) is 0 Å². The first kappa shape index (κ1) is 9.68. The number of hydrogen-bond acceptors (Lipinski definition) is 2. The highest BCUT2D eigenvalue weighted by molar-refractivity contribution is 9.10. The highest BCUT2D eigenvalue weighted by Gasteiger charge is 1.92. The van der Waals surface area contributed by atoms with E-state index in [4.69, 9.17) is 0 Å². The first-order valence-electron chi connectivity index (χ1n) is 4.14. The first-order chi connectivity index (χ1) is 5.83. The minimum Gasteiger partial charge on any atom is -0.313 e. The van der Waals surface area contributed by atoms with Crippen LogP contribution in [0.5, 0.6) is 0 Å². The molecule has 0 unspecified atom stereocenters. The number of nitrogens with one attached hydrogen (secondary N) is 1. The normalized spacial score (nSPS) is 10.2. The molecule has 1 aromatic rings. The van der Waals surface area contributed by atoms with Crippen molar-refractivity contribution in [2.24, 2.45) is 0 Å². The summed E-state index contributed by atoms with van der Waals surface area (Å²) in [5.74, 6) is 0. The molecular formula is C9H13BrN2. The van der Waals surface area contributed by atoms with Gasteiger partial charge in [0, 0.05) is 12.7 Å². The van der Waals surface area contributed by atoms with Crippen molar-refractivity contribution < 1.29 is 0 Å². The second-order valence-corrected chi connectivity index (χ2v) is 3.48. The molecule has 0 radical (unpaired) electrons. The minimum atomic E-state index is 0.901. The van der Waals surface area contributed by atoms with Crippen LogP contribution in [0.2, 0.25) is 0 Å². The Labute approximate surface area is 81.5 Å². The van der Waals surface area contributed by atoms with Crippen LogP contribution in [0.15, 0.2) is 22.9 Å². The van der Waals surface area contributed by atoms with Crippen molar-refractivity contribution in [3.05, 3.63) is 28.5 Å². The SMILES string of the molecule is CCCNCc1ccnc(Br)c1. The minimum absolute atomic E-state index is 0.901. The Morgan fingerprint density at radius 1 is 1.58 bits per heavy atom. The topological polar surface area (TPSA) is 24.9 Å². The average molecular weight is 229 g/mol. The molecule has 1 rings (SSSR count). The molecule has 0 fully saturated rings. The Hall–Kier alpha value is -0.410. The molecule has 0 saturated heterocycles. The number of pyridine rings is 1. The molecule has 1 heterocycles. The van der Waals surface area contributed by atoms with Gasteiger partial charge in [-0.15, -0.1) is 0 Å². The summed E-state index contributed by atoms with van der Waals surface area (Å²) in [5, 5.41) is 3.33. The Bertz CT molecular complexity index is 238. The van der Waals surface area contributed by atoms with Gasteiger partial charge in [-0.1, -0.05) is 6.92 Å². The molecular weight excluding hydrogens is 216 g/mol. The summed E-state index contributed by atoms with van der Waals surface area (Å²) < 4.78 is 0.901. The molecule has 0 amide bonds. The van der Waals surface area contributed by atoms with E-state index in [0.717, 1.165) is 17.7 Å². The Morgan fingerprint density at radius 2 is 2.42 bits per heavy atom. The monoisotopic (exact) mass is 228 g/mol. The predicted molar refractivity (Wildman–Crippen MR) is 53.9 cm³/mol.